The molecule has 0 bridgehead atoms. The molecule has 2 aliphatic heterocycles. The van der Waals surface area contributed by atoms with Crippen LogP contribution in [-0.4, -0.2) is 82.9 Å². The second kappa shape index (κ2) is 5.94. The van der Waals surface area contributed by atoms with Gasteiger partial charge in [0.25, 0.3) is 5.09 Å². The van der Waals surface area contributed by atoms with Crippen LogP contribution in [0.15, 0.2) is 0 Å². The van der Waals surface area contributed by atoms with Crippen molar-refractivity contribution in [2.75, 3.05) is 13.2 Å². The van der Waals surface area contributed by atoms with Gasteiger partial charge in [-0.05, 0) is 0 Å². The molecule has 0 aromatic heterocycles. The molecular weight excluding hydrogens is 221 g/mol. The van der Waals surface area contributed by atoms with E-state index < -0.39 is 29.5 Å². The molecule has 15 heavy (non-hydrogen) atoms. The van der Waals surface area contributed by atoms with Gasteiger partial charge in [0, 0.05) is 0 Å². The summed E-state index contributed by atoms with van der Waals surface area (Å²) in [6, 6.07) is 0. The van der Waals surface area contributed by atoms with E-state index in [1.54, 1.807) is 0 Å². The molecule has 0 amide bonds. The van der Waals surface area contributed by atoms with Crippen LogP contribution in [0.25, 0.3) is 0 Å². The standard InChI is InChI=1S/C6H9NO6.Na.H2O.H/c8-3-1-11-6-4(13-7(9)10)2-12-5(3)6;;;/h3-6,8H,1-2H2;;1H2;/t3-,4+,5+,6+;;;/m0.../s1. The minimum absolute atomic E-state index is 0. The Hall–Kier alpha value is 0.0400. The summed E-state index contributed by atoms with van der Waals surface area (Å²) >= 11 is 0. The van der Waals surface area contributed by atoms with Gasteiger partial charge < -0.3 is 24.9 Å². The molecule has 2 rings (SSSR count). The van der Waals surface area contributed by atoms with Crippen LogP contribution in [-0.2, 0) is 14.3 Å². The van der Waals surface area contributed by atoms with E-state index in [4.69, 9.17) is 9.47 Å². The molecule has 0 unspecified atom stereocenters. The van der Waals surface area contributed by atoms with Gasteiger partial charge in [-0.15, -0.1) is 10.1 Å². The van der Waals surface area contributed by atoms with E-state index in [1.165, 1.54) is 0 Å². The normalized spacial score (nSPS) is 37.4. The molecule has 0 saturated carbocycles. The summed E-state index contributed by atoms with van der Waals surface area (Å²) in [4.78, 5) is 14.4. The van der Waals surface area contributed by atoms with Gasteiger partial charge in [0.2, 0.25) is 0 Å². The molecular formula is C6H12NNaO7. The van der Waals surface area contributed by atoms with Crippen molar-refractivity contribution in [2.24, 2.45) is 0 Å². The molecule has 2 aliphatic rings. The monoisotopic (exact) mass is 233 g/mol. The average molecular weight is 233 g/mol. The van der Waals surface area contributed by atoms with Crippen molar-refractivity contribution in [1.82, 2.24) is 0 Å². The SMILES string of the molecule is O.O=[N+]([O-])O[C@@H]1CO[C@H]2[C@@H]1OC[C@@H]2O.[NaH]. The topological polar surface area (TPSA) is 123 Å². The van der Waals surface area contributed by atoms with Gasteiger partial charge in [-0.25, -0.2) is 0 Å². The van der Waals surface area contributed by atoms with E-state index in [9.17, 15) is 15.2 Å². The third kappa shape index (κ3) is 3.00. The van der Waals surface area contributed by atoms with Gasteiger partial charge in [-0.1, -0.05) is 0 Å². The molecule has 0 radical (unpaired) electrons. The fraction of sp³-hybridized carbons (Fsp3) is 1.00. The van der Waals surface area contributed by atoms with Crippen molar-refractivity contribution in [1.29, 1.82) is 0 Å². The molecule has 0 aromatic carbocycles. The van der Waals surface area contributed by atoms with E-state index in [1.807, 2.05) is 0 Å². The molecule has 4 atom stereocenters. The van der Waals surface area contributed by atoms with E-state index >= 15 is 0 Å². The summed E-state index contributed by atoms with van der Waals surface area (Å²) in [6.07, 6.45) is -2.41. The van der Waals surface area contributed by atoms with Gasteiger partial charge in [0.1, 0.15) is 18.3 Å². The van der Waals surface area contributed by atoms with Crippen LogP contribution in [0.5, 0.6) is 0 Å². The zero-order chi connectivity index (χ0) is 9.42. The van der Waals surface area contributed by atoms with E-state index in [0.717, 1.165) is 0 Å². The summed E-state index contributed by atoms with van der Waals surface area (Å²) < 4.78 is 10.2. The van der Waals surface area contributed by atoms with E-state index in [2.05, 4.69) is 4.84 Å². The van der Waals surface area contributed by atoms with Crippen LogP contribution < -0.4 is 0 Å². The third-order valence-corrected chi connectivity index (χ3v) is 2.20. The zero-order valence-electron chi connectivity index (χ0n) is 7.16. The van der Waals surface area contributed by atoms with Crippen LogP contribution in [0.1, 0.15) is 0 Å². The zero-order valence-corrected chi connectivity index (χ0v) is 7.16. The molecule has 2 heterocycles. The van der Waals surface area contributed by atoms with Crippen LogP contribution >= 0.6 is 0 Å². The minimum atomic E-state index is -0.871. The first kappa shape index (κ1) is 15.0. The maximum atomic E-state index is 10.0. The quantitative estimate of drug-likeness (QED) is 0.313. The van der Waals surface area contributed by atoms with E-state index in [0.29, 0.717) is 0 Å². The second-order valence-corrected chi connectivity index (χ2v) is 3.03. The number of rotatable bonds is 2. The van der Waals surface area contributed by atoms with Crippen LogP contribution in [0, 0.1) is 10.1 Å². The Kier molecular flexibility index (Phi) is 5.96. The molecule has 0 spiro atoms. The Labute approximate surface area is 107 Å². The first-order valence-corrected chi connectivity index (χ1v) is 3.91. The van der Waals surface area contributed by atoms with Gasteiger partial charge in [-0.2, -0.15) is 0 Å². The molecule has 9 heteroatoms. The first-order valence-electron chi connectivity index (χ1n) is 3.91. The molecule has 3 N–H and O–H groups in total. The molecule has 2 fully saturated rings. The van der Waals surface area contributed by atoms with Gasteiger partial charge in [-0.3, -0.25) is 0 Å². The Bertz CT molecular complexity index is 228. The van der Waals surface area contributed by atoms with Crippen LogP contribution in [0.3, 0.4) is 0 Å². The predicted molar refractivity (Wildman–Crippen MR) is 48.1 cm³/mol. The number of fused-ring (bicyclic) bond motifs is 1. The number of aliphatic hydroxyl groups is 1. The predicted octanol–water partition coefficient (Wildman–Crippen LogP) is -2.75. The average Bonchev–Trinajstić information content (AvgIpc) is 2.56. The summed E-state index contributed by atoms with van der Waals surface area (Å²) in [5.41, 5.74) is 0. The summed E-state index contributed by atoms with van der Waals surface area (Å²) in [6.45, 7) is 0.236. The fourth-order valence-corrected chi connectivity index (χ4v) is 1.64. The molecule has 84 valence electrons. The third-order valence-electron chi connectivity index (χ3n) is 2.20. The number of hydrogen-bond acceptors (Lipinski definition) is 6. The van der Waals surface area contributed by atoms with Gasteiger partial charge in [0.05, 0.1) is 13.2 Å². The molecule has 2 saturated heterocycles. The van der Waals surface area contributed by atoms with Crippen LogP contribution in [0.2, 0.25) is 0 Å². The molecule has 8 nitrogen and oxygen atoms in total. The van der Waals surface area contributed by atoms with Crippen molar-refractivity contribution < 1.29 is 30.0 Å². The Morgan fingerprint density at radius 1 is 1.33 bits per heavy atom. The maximum absolute atomic E-state index is 10.0. The number of hydrogen-bond donors (Lipinski definition) is 1. The van der Waals surface area contributed by atoms with Crippen molar-refractivity contribution in [3.63, 3.8) is 0 Å². The first-order chi connectivity index (χ1) is 6.18. The summed E-state index contributed by atoms with van der Waals surface area (Å²) in [7, 11) is 0. The van der Waals surface area contributed by atoms with E-state index in [-0.39, 0.29) is 48.2 Å². The molecule has 0 aromatic rings. The number of aliphatic hydroxyl groups excluding tert-OH is 1. The van der Waals surface area contributed by atoms with Gasteiger partial charge >= 0.3 is 29.6 Å². The molecule has 0 aliphatic carbocycles. The Morgan fingerprint density at radius 2 is 1.93 bits per heavy atom. The Balaban J connectivity index is 0.000000980. The van der Waals surface area contributed by atoms with Crippen molar-refractivity contribution in [3.8, 4) is 0 Å². The van der Waals surface area contributed by atoms with Crippen molar-refractivity contribution in [3.05, 3.63) is 10.1 Å². The van der Waals surface area contributed by atoms with Gasteiger partial charge in [0.15, 0.2) is 6.10 Å². The van der Waals surface area contributed by atoms with Crippen molar-refractivity contribution in [2.45, 2.75) is 24.4 Å². The number of ether oxygens (including phenoxy) is 2. The fourth-order valence-electron chi connectivity index (χ4n) is 1.64. The van der Waals surface area contributed by atoms with Crippen LogP contribution in [0.4, 0.5) is 0 Å². The summed E-state index contributed by atoms with van der Waals surface area (Å²) in [5.74, 6) is 0. The summed E-state index contributed by atoms with van der Waals surface area (Å²) in [5, 5.41) is 18.4. The van der Waals surface area contributed by atoms with Crippen molar-refractivity contribution >= 4 is 29.6 Å². The Morgan fingerprint density at radius 3 is 2.53 bits per heavy atom. The number of nitrogens with zero attached hydrogens (tertiary/aromatic N) is 1. The second-order valence-electron chi connectivity index (χ2n) is 3.03.